The Labute approximate surface area is 163 Å². The molecule has 0 saturated heterocycles. The molecule has 3 rings (SSSR count). The predicted molar refractivity (Wildman–Crippen MR) is 107 cm³/mol. The van der Waals surface area contributed by atoms with E-state index >= 15 is 0 Å². The number of hydrogen-bond acceptors (Lipinski definition) is 7. The molecule has 0 spiro atoms. The molecule has 0 fully saturated rings. The molecular formula is C20H27N5O3. The smallest absolute Gasteiger partial charge is 0.282 e. The summed E-state index contributed by atoms with van der Waals surface area (Å²) in [7, 11) is 3.82. The normalized spacial score (nSPS) is 11.6. The molecule has 0 amide bonds. The second kappa shape index (κ2) is 8.62. The summed E-state index contributed by atoms with van der Waals surface area (Å²) in [5.74, 6) is 0.655. The Hall–Kier alpha value is -2.58. The standard InChI is InChI=1S/C20H27N5O3/c1-13-10-15-16(11-14(13)2)25(8-6-5-7-9-26)20(27)18(21-15)19-22-17(23-28-19)12-24(3)4/h10-11,26H,5-9,12H2,1-4H3. The third kappa shape index (κ3) is 4.28. The van der Waals surface area contributed by atoms with Crippen LogP contribution in [0.2, 0.25) is 0 Å². The quantitative estimate of drug-likeness (QED) is 0.594. The van der Waals surface area contributed by atoms with E-state index in [-0.39, 0.29) is 23.8 Å². The molecule has 0 aliphatic heterocycles. The van der Waals surface area contributed by atoms with E-state index in [0.29, 0.717) is 18.9 Å². The number of rotatable bonds is 8. The SMILES string of the molecule is Cc1cc2nc(-c3nc(CN(C)C)no3)c(=O)n(CCCCCO)c2cc1C. The number of aliphatic hydroxyl groups excluding tert-OH is 1. The van der Waals surface area contributed by atoms with Gasteiger partial charge in [-0.2, -0.15) is 4.98 Å². The highest BCUT2D eigenvalue weighted by atomic mass is 16.5. The molecule has 1 N–H and O–H groups in total. The van der Waals surface area contributed by atoms with Crippen LogP contribution in [0.3, 0.4) is 0 Å². The lowest BCUT2D eigenvalue weighted by atomic mass is 10.1. The van der Waals surface area contributed by atoms with Crippen LogP contribution in [0.25, 0.3) is 22.6 Å². The highest BCUT2D eigenvalue weighted by Gasteiger charge is 2.19. The molecule has 3 aromatic rings. The minimum absolute atomic E-state index is 0.145. The molecule has 0 aliphatic carbocycles. The average Bonchev–Trinajstić information content (AvgIpc) is 3.09. The number of fused-ring (bicyclic) bond motifs is 1. The van der Waals surface area contributed by atoms with Crippen molar-refractivity contribution in [1.82, 2.24) is 24.6 Å². The molecule has 8 nitrogen and oxygen atoms in total. The van der Waals surface area contributed by atoms with E-state index in [1.165, 1.54) is 0 Å². The van der Waals surface area contributed by atoms with Gasteiger partial charge < -0.3 is 19.1 Å². The van der Waals surface area contributed by atoms with Crippen LogP contribution in [-0.4, -0.2) is 50.4 Å². The van der Waals surface area contributed by atoms with Crippen LogP contribution in [0, 0.1) is 13.8 Å². The predicted octanol–water partition coefficient (Wildman–Crippen LogP) is 2.29. The maximum Gasteiger partial charge on any atom is 0.282 e. The van der Waals surface area contributed by atoms with Gasteiger partial charge in [-0.15, -0.1) is 0 Å². The topological polar surface area (TPSA) is 97.3 Å². The second-order valence-electron chi connectivity index (χ2n) is 7.38. The van der Waals surface area contributed by atoms with Crippen molar-refractivity contribution in [3.8, 4) is 11.6 Å². The number of aryl methyl sites for hydroxylation is 3. The van der Waals surface area contributed by atoms with Gasteiger partial charge in [0.25, 0.3) is 11.4 Å². The van der Waals surface area contributed by atoms with Crippen molar-refractivity contribution in [1.29, 1.82) is 0 Å². The minimum atomic E-state index is -0.236. The fraction of sp³-hybridized carbons (Fsp3) is 0.500. The summed E-state index contributed by atoms with van der Waals surface area (Å²) < 4.78 is 7.07. The van der Waals surface area contributed by atoms with Crippen LogP contribution in [0.4, 0.5) is 0 Å². The number of unbranched alkanes of at least 4 members (excludes halogenated alkanes) is 2. The number of nitrogens with zero attached hydrogens (tertiary/aromatic N) is 5. The Morgan fingerprint density at radius 3 is 2.57 bits per heavy atom. The molecule has 2 heterocycles. The van der Waals surface area contributed by atoms with Crippen molar-refractivity contribution in [2.24, 2.45) is 0 Å². The Morgan fingerprint density at radius 1 is 1.11 bits per heavy atom. The maximum absolute atomic E-state index is 13.2. The highest BCUT2D eigenvalue weighted by Crippen LogP contribution is 2.21. The van der Waals surface area contributed by atoms with Gasteiger partial charge in [-0.25, -0.2) is 4.98 Å². The molecule has 0 saturated carbocycles. The second-order valence-corrected chi connectivity index (χ2v) is 7.38. The van der Waals surface area contributed by atoms with Crippen molar-refractivity contribution in [3.63, 3.8) is 0 Å². The maximum atomic E-state index is 13.2. The summed E-state index contributed by atoms with van der Waals surface area (Å²) in [5, 5.41) is 13.0. The summed E-state index contributed by atoms with van der Waals surface area (Å²) in [6, 6.07) is 3.98. The molecule has 1 aromatic carbocycles. The van der Waals surface area contributed by atoms with Gasteiger partial charge in [0.05, 0.1) is 17.6 Å². The molecular weight excluding hydrogens is 358 g/mol. The first-order valence-electron chi connectivity index (χ1n) is 9.51. The molecule has 2 aromatic heterocycles. The van der Waals surface area contributed by atoms with Crippen LogP contribution in [-0.2, 0) is 13.1 Å². The van der Waals surface area contributed by atoms with E-state index in [0.717, 1.165) is 41.4 Å². The van der Waals surface area contributed by atoms with Gasteiger partial charge in [-0.3, -0.25) is 4.79 Å². The van der Waals surface area contributed by atoms with E-state index in [9.17, 15) is 4.79 Å². The van der Waals surface area contributed by atoms with Crippen molar-refractivity contribution in [2.45, 2.75) is 46.2 Å². The largest absolute Gasteiger partial charge is 0.396 e. The zero-order chi connectivity index (χ0) is 20.3. The van der Waals surface area contributed by atoms with Crippen LogP contribution in [0.1, 0.15) is 36.2 Å². The summed E-state index contributed by atoms with van der Waals surface area (Å²) in [5.41, 5.74) is 3.68. The molecule has 0 unspecified atom stereocenters. The van der Waals surface area contributed by atoms with E-state index in [1.54, 1.807) is 4.57 Å². The van der Waals surface area contributed by atoms with Crippen LogP contribution < -0.4 is 5.56 Å². The zero-order valence-corrected chi connectivity index (χ0v) is 16.9. The van der Waals surface area contributed by atoms with E-state index in [1.807, 2.05) is 45.0 Å². The first-order chi connectivity index (χ1) is 13.4. The lowest BCUT2D eigenvalue weighted by molar-refractivity contribution is 0.282. The summed E-state index contributed by atoms with van der Waals surface area (Å²) >= 11 is 0. The summed E-state index contributed by atoms with van der Waals surface area (Å²) in [6.07, 6.45) is 2.36. The van der Waals surface area contributed by atoms with E-state index in [2.05, 4.69) is 15.1 Å². The number of aliphatic hydroxyl groups is 1. The van der Waals surface area contributed by atoms with Gasteiger partial charge in [0.15, 0.2) is 11.5 Å². The molecule has 28 heavy (non-hydrogen) atoms. The summed E-state index contributed by atoms with van der Waals surface area (Å²) in [4.78, 5) is 24.0. The summed E-state index contributed by atoms with van der Waals surface area (Å²) in [6.45, 7) is 5.27. The Morgan fingerprint density at radius 2 is 1.86 bits per heavy atom. The van der Waals surface area contributed by atoms with Gasteiger partial charge in [0, 0.05) is 13.2 Å². The van der Waals surface area contributed by atoms with Crippen molar-refractivity contribution in [3.05, 3.63) is 39.4 Å². The van der Waals surface area contributed by atoms with E-state index in [4.69, 9.17) is 9.63 Å². The van der Waals surface area contributed by atoms with Gasteiger partial charge in [-0.1, -0.05) is 5.16 Å². The van der Waals surface area contributed by atoms with Gasteiger partial charge >= 0.3 is 0 Å². The van der Waals surface area contributed by atoms with Gasteiger partial charge in [0.1, 0.15) is 0 Å². The molecule has 150 valence electrons. The molecule has 8 heteroatoms. The Bertz CT molecular complexity index is 1020. The van der Waals surface area contributed by atoms with E-state index < -0.39 is 0 Å². The molecule has 0 radical (unpaired) electrons. The lowest BCUT2D eigenvalue weighted by Crippen LogP contribution is -2.24. The van der Waals surface area contributed by atoms with Crippen molar-refractivity contribution in [2.75, 3.05) is 20.7 Å². The van der Waals surface area contributed by atoms with Crippen molar-refractivity contribution >= 4 is 11.0 Å². The van der Waals surface area contributed by atoms with Crippen LogP contribution >= 0.6 is 0 Å². The first-order valence-corrected chi connectivity index (χ1v) is 9.51. The zero-order valence-electron chi connectivity index (χ0n) is 16.9. The fourth-order valence-electron chi connectivity index (χ4n) is 3.11. The number of aromatic nitrogens is 4. The monoisotopic (exact) mass is 385 g/mol. The molecule has 0 aliphatic rings. The van der Waals surface area contributed by atoms with Gasteiger partial charge in [0.2, 0.25) is 0 Å². The lowest BCUT2D eigenvalue weighted by Gasteiger charge is -2.13. The fourth-order valence-corrected chi connectivity index (χ4v) is 3.11. The van der Waals surface area contributed by atoms with Crippen LogP contribution in [0.15, 0.2) is 21.5 Å². The highest BCUT2D eigenvalue weighted by molar-refractivity contribution is 5.78. The average molecular weight is 385 g/mol. The Balaban J connectivity index is 2.09. The van der Waals surface area contributed by atoms with Gasteiger partial charge in [-0.05, 0) is 70.5 Å². The molecule has 0 atom stereocenters. The minimum Gasteiger partial charge on any atom is -0.396 e. The third-order valence-corrected chi connectivity index (χ3v) is 4.73. The van der Waals surface area contributed by atoms with Crippen LogP contribution in [0.5, 0.6) is 0 Å². The first kappa shape index (κ1) is 20.2. The number of benzene rings is 1. The van der Waals surface area contributed by atoms with Crippen molar-refractivity contribution < 1.29 is 9.63 Å². The Kier molecular flexibility index (Phi) is 6.21. The third-order valence-electron chi connectivity index (χ3n) is 4.73. The molecule has 0 bridgehead atoms. The number of hydrogen-bond donors (Lipinski definition) is 1.